The van der Waals surface area contributed by atoms with Crippen LogP contribution in [-0.4, -0.2) is 46.6 Å². The summed E-state index contributed by atoms with van der Waals surface area (Å²) in [5, 5.41) is 13.1. The Balaban J connectivity index is 1.50. The maximum Gasteiger partial charge on any atom is 0.251 e. The summed E-state index contributed by atoms with van der Waals surface area (Å²) in [6, 6.07) is 12.0. The highest BCUT2D eigenvalue weighted by molar-refractivity contribution is 5.94. The quantitative estimate of drug-likeness (QED) is 0.872. The summed E-state index contributed by atoms with van der Waals surface area (Å²) in [6.45, 7) is 6.33. The van der Waals surface area contributed by atoms with Crippen molar-refractivity contribution >= 4 is 5.91 Å². The van der Waals surface area contributed by atoms with Crippen molar-refractivity contribution in [2.45, 2.75) is 32.9 Å². The van der Waals surface area contributed by atoms with Crippen LogP contribution in [0.4, 0.5) is 0 Å². The van der Waals surface area contributed by atoms with Crippen LogP contribution in [0, 0.1) is 13.8 Å². The van der Waals surface area contributed by atoms with Gasteiger partial charge >= 0.3 is 0 Å². The molecule has 25 heavy (non-hydrogen) atoms. The van der Waals surface area contributed by atoms with Gasteiger partial charge in [0, 0.05) is 43.1 Å². The third-order valence-corrected chi connectivity index (χ3v) is 4.52. The van der Waals surface area contributed by atoms with Gasteiger partial charge in [0.1, 0.15) is 0 Å². The van der Waals surface area contributed by atoms with E-state index < -0.39 is 6.10 Å². The summed E-state index contributed by atoms with van der Waals surface area (Å²) in [6.07, 6.45) is 0.420. The van der Waals surface area contributed by atoms with Gasteiger partial charge in [-0.2, -0.15) is 0 Å². The molecule has 0 saturated heterocycles. The third kappa shape index (κ3) is 4.65. The zero-order valence-corrected chi connectivity index (χ0v) is 14.8. The molecule has 0 saturated carbocycles. The standard InChI is InChI=1S/C20H25N3O2/c1-14-9-18(10-15(2)22-14)20(25)21-11-19(24)13-23-8-7-16-5-3-4-6-17(16)12-23/h3-6,9-10,19,24H,7-8,11-13H2,1-2H3,(H,21,25)/t19-/m0/s1. The minimum absolute atomic E-state index is 0.170. The molecule has 1 atom stereocenters. The number of aliphatic hydroxyl groups is 1. The molecule has 0 radical (unpaired) electrons. The van der Waals surface area contributed by atoms with E-state index in [-0.39, 0.29) is 12.5 Å². The van der Waals surface area contributed by atoms with E-state index >= 15 is 0 Å². The van der Waals surface area contributed by atoms with Crippen LogP contribution < -0.4 is 5.32 Å². The number of hydrogen-bond acceptors (Lipinski definition) is 4. The van der Waals surface area contributed by atoms with Crippen LogP contribution in [0.15, 0.2) is 36.4 Å². The fourth-order valence-electron chi connectivity index (χ4n) is 3.35. The first-order valence-electron chi connectivity index (χ1n) is 8.72. The molecule has 0 fully saturated rings. The van der Waals surface area contributed by atoms with Crippen LogP contribution in [0.1, 0.15) is 32.9 Å². The summed E-state index contributed by atoms with van der Waals surface area (Å²) < 4.78 is 0. The van der Waals surface area contributed by atoms with Crippen LogP contribution in [0.25, 0.3) is 0 Å². The third-order valence-electron chi connectivity index (χ3n) is 4.52. The Morgan fingerprint density at radius 3 is 2.64 bits per heavy atom. The summed E-state index contributed by atoms with van der Waals surface area (Å²) in [4.78, 5) is 18.8. The number of fused-ring (bicyclic) bond motifs is 1. The van der Waals surface area contributed by atoms with Gasteiger partial charge in [-0.25, -0.2) is 0 Å². The first-order chi connectivity index (χ1) is 12.0. The number of benzene rings is 1. The van der Waals surface area contributed by atoms with E-state index in [0.717, 1.165) is 30.9 Å². The van der Waals surface area contributed by atoms with Crippen molar-refractivity contribution < 1.29 is 9.90 Å². The van der Waals surface area contributed by atoms with Crippen molar-refractivity contribution in [1.29, 1.82) is 0 Å². The highest BCUT2D eigenvalue weighted by Gasteiger charge is 2.19. The Labute approximate surface area is 148 Å². The summed E-state index contributed by atoms with van der Waals surface area (Å²) >= 11 is 0. The molecule has 3 rings (SSSR count). The molecule has 1 aromatic heterocycles. The lowest BCUT2D eigenvalue weighted by molar-refractivity contribution is 0.0841. The topological polar surface area (TPSA) is 65.5 Å². The van der Waals surface area contributed by atoms with Gasteiger partial charge in [-0.1, -0.05) is 24.3 Å². The molecule has 0 aliphatic carbocycles. The summed E-state index contributed by atoms with van der Waals surface area (Å²) in [5.41, 5.74) is 4.94. The lowest BCUT2D eigenvalue weighted by atomic mass is 10.00. The fourth-order valence-corrected chi connectivity index (χ4v) is 3.35. The predicted octanol–water partition coefficient (Wildman–Crippen LogP) is 1.85. The first-order valence-corrected chi connectivity index (χ1v) is 8.72. The molecular weight excluding hydrogens is 314 g/mol. The molecule has 1 aliphatic heterocycles. The highest BCUT2D eigenvalue weighted by Crippen LogP contribution is 2.18. The van der Waals surface area contributed by atoms with E-state index in [2.05, 4.69) is 39.5 Å². The fraction of sp³-hybridized carbons (Fsp3) is 0.400. The summed E-state index contributed by atoms with van der Waals surface area (Å²) in [5.74, 6) is -0.170. The van der Waals surface area contributed by atoms with Crippen LogP contribution in [-0.2, 0) is 13.0 Å². The van der Waals surface area contributed by atoms with Crippen molar-refractivity contribution in [3.05, 3.63) is 64.5 Å². The van der Waals surface area contributed by atoms with E-state index in [0.29, 0.717) is 12.1 Å². The van der Waals surface area contributed by atoms with Crippen LogP contribution in [0.5, 0.6) is 0 Å². The van der Waals surface area contributed by atoms with Crippen molar-refractivity contribution in [1.82, 2.24) is 15.2 Å². The van der Waals surface area contributed by atoms with Gasteiger partial charge in [0.15, 0.2) is 0 Å². The van der Waals surface area contributed by atoms with Gasteiger partial charge in [0.2, 0.25) is 0 Å². The van der Waals surface area contributed by atoms with E-state index in [4.69, 9.17) is 0 Å². The second-order valence-corrected chi connectivity index (χ2v) is 6.76. The van der Waals surface area contributed by atoms with Crippen LogP contribution in [0.2, 0.25) is 0 Å². The Kier molecular flexibility index (Phi) is 5.46. The van der Waals surface area contributed by atoms with Gasteiger partial charge in [0.25, 0.3) is 5.91 Å². The zero-order valence-electron chi connectivity index (χ0n) is 14.8. The van der Waals surface area contributed by atoms with E-state index in [1.807, 2.05) is 13.8 Å². The van der Waals surface area contributed by atoms with E-state index in [1.54, 1.807) is 12.1 Å². The number of amides is 1. The number of nitrogens with one attached hydrogen (secondary N) is 1. The SMILES string of the molecule is Cc1cc(C(=O)NC[C@H](O)CN2CCc3ccccc3C2)cc(C)n1. The van der Waals surface area contributed by atoms with Crippen molar-refractivity contribution in [3.8, 4) is 0 Å². The number of aryl methyl sites for hydroxylation is 2. The molecule has 132 valence electrons. The number of hydrogen-bond donors (Lipinski definition) is 2. The zero-order chi connectivity index (χ0) is 17.8. The number of aliphatic hydroxyl groups excluding tert-OH is 1. The number of rotatable bonds is 5. The second kappa shape index (κ2) is 7.76. The number of carbonyl (C=O) groups is 1. The lowest BCUT2D eigenvalue weighted by Crippen LogP contribution is -2.42. The van der Waals surface area contributed by atoms with E-state index in [9.17, 15) is 9.90 Å². The molecule has 0 unspecified atom stereocenters. The van der Waals surface area contributed by atoms with Gasteiger partial charge in [-0.15, -0.1) is 0 Å². The highest BCUT2D eigenvalue weighted by atomic mass is 16.3. The van der Waals surface area contributed by atoms with Crippen molar-refractivity contribution in [2.75, 3.05) is 19.6 Å². The average molecular weight is 339 g/mol. The van der Waals surface area contributed by atoms with Crippen LogP contribution >= 0.6 is 0 Å². The van der Waals surface area contributed by atoms with E-state index in [1.165, 1.54) is 11.1 Å². The first kappa shape index (κ1) is 17.6. The normalized spacial score (nSPS) is 15.5. The summed E-state index contributed by atoms with van der Waals surface area (Å²) in [7, 11) is 0. The minimum atomic E-state index is -0.585. The number of nitrogens with zero attached hydrogens (tertiary/aromatic N) is 2. The van der Waals surface area contributed by atoms with Crippen molar-refractivity contribution in [2.24, 2.45) is 0 Å². The van der Waals surface area contributed by atoms with Gasteiger partial charge in [0.05, 0.1) is 6.10 Å². The molecule has 2 heterocycles. The monoisotopic (exact) mass is 339 g/mol. The Morgan fingerprint density at radius 2 is 1.92 bits per heavy atom. The Bertz CT molecular complexity index is 740. The predicted molar refractivity (Wildman–Crippen MR) is 97.5 cm³/mol. The number of pyridine rings is 1. The largest absolute Gasteiger partial charge is 0.390 e. The molecule has 5 nitrogen and oxygen atoms in total. The average Bonchev–Trinajstić information content (AvgIpc) is 2.58. The maximum absolute atomic E-state index is 12.2. The molecular formula is C20H25N3O2. The van der Waals surface area contributed by atoms with Gasteiger partial charge in [-0.3, -0.25) is 14.7 Å². The van der Waals surface area contributed by atoms with Gasteiger partial charge in [-0.05, 0) is 43.5 Å². The second-order valence-electron chi connectivity index (χ2n) is 6.76. The molecule has 0 bridgehead atoms. The minimum Gasteiger partial charge on any atom is -0.390 e. The smallest absolute Gasteiger partial charge is 0.251 e. The molecule has 2 aromatic rings. The molecule has 5 heteroatoms. The molecule has 1 amide bonds. The molecule has 1 aromatic carbocycles. The maximum atomic E-state index is 12.2. The Hall–Kier alpha value is -2.24. The molecule has 2 N–H and O–H groups in total. The van der Waals surface area contributed by atoms with Gasteiger partial charge < -0.3 is 10.4 Å². The molecule has 1 aliphatic rings. The van der Waals surface area contributed by atoms with Crippen LogP contribution in [0.3, 0.4) is 0 Å². The lowest BCUT2D eigenvalue weighted by Gasteiger charge is -2.30. The number of β-amino-alcohol motifs (C(OH)–C–C–N with tert-alkyl or cyclic N) is 1. The molecule has 0 spiro atoms. The Morgan fingerprint density at radius 1 is 1.24 bits per heavy atom. The number of aromatic nitrogens is 1. The number of carbonyl (C=O) groups excluding carboxylic acids is 1. The van der Waals surface area contributed by atoms with Crippen molar-refractivity contribution in [3.63, 3.8) is 0 Å².